The number of carbonyl (C=O) groups is 1. The van der Waals surface area contributed by atoms with Gasteiger partial charge in [-0.05, 0) is 87.1 Å². The van der Waals surface area contributed by atoms with Crippen molar-refractivity contribution in [2.75, 3.05) is 20.2 Å². The van der Waals surface area contributed by atoms with Gasteiger partial charge in [0.1, 0.15) is 10.6 Å². The first kappa shape index (κ1) is 22.3. The van der Waals surface area contributed by atoms with Crippen molar-refractivity contribution in [2.45, 2.75) is 51.5 Å². The highest BCUT2D eigenvalue weighted by Gasteiger charge is 2.29. The number of carbonyl (C=O) groups excluding carboxylic acids is 1. The minimum atomic E-state index is -3.72. The van der Waals surface area contributed by atoms with Gasteiger partial charge in [0.2, 0.25) is 10.0 Å². The molecule has 0 radical (unpaired) electrons. The number of sulfonamides is 1. The van der Waals surface area contributed by atoms with Crippen LogP contribution in [0.4, 0.5) is 0 Å². The second-order valence-electron chi connectivity index (χ2n) is 8.07. The van der Waals surface area contributed by atoms with E-state index in [9.17, 15) is 13.2 Å². The number of rotatable bonds is 5. The van der Waals surface area contributed by atoms with E-state index in [1.807, 2.05) is 45.9 Å². The van der Waals surface area contributed by atoms with Crippen molar-refractivity contribution in [2.24, 2.45) is 0 Å². The topological polar surface area (TPSA) is 75.7 Å². The average molecular weight is 431 g/mol. The van der Waals surface area contributed by atoms with Gasteiger partial charge in [-0.1, -0.05) is 6.07 Å². The van der Waals surface area contributed by atoms with Gasteiger partial charge in [0, 0.05) is 24.7 Å². The summed E-state index contributed by atoms with van der Waals surface area (Å²) in [6.07, 6.45) is 1.14. The largest absolute Gasteiger partial charge is 0.495 e. The Morgan fingerprint density at radius 3 is 2.17 bits per heavy atom. The molecule has 2 aromatic carbocycles. The fourth-order valence-electron chi connectivity index (χ4n) is 3.67. The van der Waals surface area contributed by atoms with Crippen LogP contribution in [0.5, 0.6) is 5.75 Å². The van der Waals surface area contributed by atoms with Crippen LogP contribution in [0.15, 0.2) is 35.2 Å². The highest BCUT2D eigenvalue weighted by Crippen LogP contribution is 2.28. The lowest BCUT2D eigenvalue weighted by Gasteiger charge is -2.32. The van der Waals surface area contributed by atoms with Crippen LogP contribution >= 0.6 is 0 Å². The first-order valence-corrected chi connectivity index (χ1v) is 11.6. The molecule has 2 aromatic rings. The number of hydrogen-bond donors (Lipinski definition) is 1. The molecular weight excluding hydrogens is 400 g/mol. The van der Waals surface area contributed by atoms with Crippen molar-refractivity contribution in [3.63, 3.8) is 0 Å². The average Bonchev–Trinajstić information content (AvgIpc) is 2.71. The molecule has 6 nitrogen and oxygen atoms in total. The number of methoxy groups -OCH3 is 1. The number of nitrogens with zero attached hydrogens (tertiary/aromatic N) is 1. The maximum atomic E-state index is 13.0. The molecule has 30 heavy (non-hydrogen) atoms. The third-order valence-electron chi connectivity index (χ3n) is 5.93. The van der Waals surface area contributed by atoms with Crippen LogP contribution in [0.3, 0.4) is 0 Å². The van der Waals surface area contributed by atoms with E-state index < -0.39 is 10.0 Å². The molecule has 162 valence electrons. The van der Waals surface area contributed by atoms with E-state index in [1.54, 1.807) is 17.0 Å². The van der Waals surface area contributed by atoms with Crippen molar-refractivity contribution in [3.8, 4) is 5.75 Å². The van der Waals surface area contributed by atoms with E-state index in [0.29, 0.717) is 37.2 Å². The number of piperidine rings is 1. The van der Waals surface area contributed by atoms with E-state index in [4.69, 9.17) is 4.74 Å². The summed E-state index contributed by atoms with van der Waals surface area (Å²) in [5.74, 6) is 0.336. The van der Waals surface area contributed by atoms with E-state index in [1.165, 1.54) is 7.11 Å². The quantitative estimate of drug-likeness (QED) is 0.788. The number of amides is 1. The Morgan fingerprint density at radius 1 is 0.967 bits per heavy atom. The first-order chi connectivity index (χ1) is 14.1. The second kappa shape index (κ2) is 8.78. The van der Waals surface area contributed by atoms with Gasteiger partial charge >= 0.3 is 0 Å². The van der Waals surface area contributed by atoms with Gasteiger partial charge in [0.05, 0.1) is 7.11 Å². The molecule has 1 aliphatic heterocycles. The summed E-state index contributed by atoms with van der Waals surface area (Å²) < 4.78 is 34.1. The maximum Gasteiger partial charge on any atom is 0.253 e. The molecule has 7 heteroatoms. The lowest BCUT2D eigenvalue weighted by Crippen LogP contribution is -2.46. The number of likely N-dealkylation sites (tertiary alicyclic amines) is 1. The van der Waals surface area contributed by atoms with Crippen LogP contribution in [-0.2, 0) is 10.0 Å². The molecule has 1 heterocycles. The number of benzene rings is 2. The molecule has 0 spiro atoms. The molecule has 0 aliphatic carbocycles. The highest BCUT2D eigenvalue weighted by atomic mass is 32.2. The van der Waals surface area contributed by atoms with Crippen molar-refractivity contribution in [3.05, 3.63) is 58.1 Å². The van der Waals surface area contributed by atoms with E-state index in [-0.39, 0.29) is 16.8 Å². The third kappa shape index (κ3) is 4.68. The van der Waals surface area contributed by atoms with Crippen LogP contribution < -0.4 is 9.46 Å². The summed E-state index contributed by atoms with van der Waals surface area (Å²) in [7, 11) is -2.25. The molecule has 3 rings (SSSR count). The Bertz CT molecular complexity index is 1060. The Kier molecular flexibility index (Phi) is 6.53. The van der Waals surface area contributed by atoms with Gasteiger partial charge in [-0.15, -0.1) is 0 Å². The zero-order valence-corrected chi connectivity index (χ0v) is 19.1. The zero-order valence-electron chi connectivity index (χ0n) is 18.3. The predicted molar refractivity (Wildman–Crippen MR) is 118 cm³/mol. The summed E-state index contributed by atoms with van der Waals surface area (Å²) >= 11 is 0. The van der Waals surface area contributed by atoms with Gasteiger partial charge in [0.25, 0.3) is 5.91 Å². The van der Waals surface area contributed by atoms with E-state index in [0.717, 1.165) is 22.3 Å². The zero-order chi connectivity index (χ0) is 22.1. The molecule has 1 saturated heterocycles. The van der Waals surface area contributed by atoms with Crippen molar-refractivity contribution in [1.29, 1.82) is 0 Å². The summed E-state index contributed by atoms with van der Waals surface area (Å²) in [5, 5.41) is 0. The number of aryl methyl sites for hydroxylation is 4. The summed E-state index contributed by atoms with van der Waals surface area (Å²) in [5.41, 5.74) is 4.79. The Morgan fingerprint density at radius 2 is 1.57 bits per heavy atom. The molecule has 0 atom stereocenters. The van der Waals surface area contributed by atoms with Crippen molar-refractivity contribution >= 4 is 15.9 Å². The van der Waals surface area contributed by atoms with Crippen LogP contribution in [0.2, 0.25) is 0 Å². The fraction of sp³-hybridized carbons (Fsp3) is 0.435. The molecule has 1 amide bonds. The summed E-state index contributed by atoms with van der Waals surface area (Å²) in [6.45, 7) is 8.85. The molecule has 0 aromatic heterocycles. The molecule has 1 N–H and O–H groups in total. The number of ether oxygens (including phenoxy) is 1. The van der Waals surface area contributed by atoms with Crippen molar-refractivity contribution < 1.29 is 17.9 Å². The lowest BCUT2D eigenvalue weighted by molar-refractivity contribution is 0.0711. The van der Waals surface area contributed by atoms with Crippen molar-refractivity contribution in [1.82, 2.24) is 9.62 Å². The standard InChI is InChI=1S/C23H30N2O4S/c1-15-6-7-19(12-16(15)2)23(26)25-10-8-20(9-11-25)24-30(27,28)22-14-18(4)17(3)13-21(22)29-5/h6-7,12-14,20,24H,8-11H2,1-5H3. The number of nitrogens with one attached hydrogen (secondary N) is 1. The Hall–Kier alpha value is -2.38. The van der Waals surface area contributed by atoms with Crippen LogP contribution in [0.25, 0.3) is 0 Å². The first-order valence-electron chi connectivity index (χ1n) is 10.2. The van der Waals surface area contributed by atoms with Crippen LogP contribution in [-0.4, -0.2) is 45.5 Å². The van der Waals surface area contributed by atoms with Gasteiger partial charge in [0.15, 0.2) is 0 Å². The fourth-order valence-corrected chi connectivity index (χ4v) is 5.21. The predicted octanol–water partition coefficient (Wildman–Crippen LogP) is 3.51. The summed E-state index contributed by atoms with van der Waals surface area (Å²) in [6, 6.07) is 8.90. The van der Waals surface area contributed by atoms with Gasteiger partial charge in [-0.25, -0.2) is 13.1 Å². The third-order valence-corrected chi connectivity index (χ3v) is 7.47. The minimum Gasteiger partial charge on any atom is -0.495 e. The van der Waals surface area contributed by atoms with Crippen LogP contribution in [0, 0.1) is 27.7 Å². The van der Waals surface area contributed by atoms with Gasteiger partial charge in [-0.2, -0.15) is 0 Å². The normalized spacial score (nSPS) is 15.3. The van der Waals surface area contributed by atoms with E-state index in [2.05, 4.69) is 4.72 Å². The Labute approximate surface area is 179 Å². The smallest absolute Gasteiger partial charge is 0.253 e. The lowest BCUT2D eigenvalue weighted by atomic mass is 10.0. The molecule has 1 fully saturated rings. The molecule has 0 unspecified atom stereocenters. The maximum absolute atomic E-state index is 13.0. The second-order valence-corrected chi connectivity index (χ2v) is 9.76. The molecule has 0 saturated carbocycles. The van der Waals surface area contributed by atoms with Gasteiger partial charge in [-0.3, -0.25) is 4.79 Å². The minimum absolute atomic E-state index is 0.00441. The van der Waals surface area contributed by atoms with E-state index >= 15 is 0 Å². The summed E-state index contributed by atoms with van der Waals surface area (Å²) in [4.78, 5) is 14.8. The van der Waals surface area contributed by atoms with Crippen LogP contribution in [0.1, 0.15) is 45.5 Å². The highest BCUT2D eigenvalue weighted by molar-refractivity contribution is 7.89. The molecule has 0 bridgehead atoms. The van der Waals surface area contributed by atoms with Gasteiger partial charge < -0.3 is 9.64 Å². The SMILES string of the molecule is COc1cc(C)c(C)cc1S(=O)(=O)NC1CCN(C(=O)c2ccc(C)c(C)c2)CC1. The number of hydrogen-bond acceptors (Lipinski definition) is 4. The molecule has 1 aliphatic rings. The monoisotopic (exact) mass is 430 g/mol. The Balaban J connectivity index is 1.67. The molecular formula is C23H30N2O4S.